The number of likely N-dealkylation sites (tertiary alicyclic amines) is 1. The Morgan fingerprint density at radius 2 is 2.18 bits per heavy atom. The molecule has 2 N–H and O–H groups in total. The number of hydrogen-bond donors (Lipinski definition) is 2. The third-order valence-electron chi connectivity index (χ3n) is 3.03. The zero-order valence-electron chi connectivity index (χ0n) is 9.89. The van der Waals surface area contributed by atoms with Crippen molar-refractivity contribution in [2.75, 3.05) is 18.4 Å². The molecule has 1 aliphatic heterocycles. The Morgan fingerprint density at radius 3 is 2.71 bits per heavy atom. The summed E-state index contributed by atoms with van der Waals surface area (Å²) in [5.41, 5.74) is 1.14. The Labute approximate surface area is 100 Å². The van der Waals surface area contributed by atoms with Gasteiger partial charge < -0.3 is 15.3 Å². The van der Waals surface area contributed by atoms with Crippen molar-refractivity contribution < 1.29 is 9.90 Å². The zero-order chi connectivity index (χ0) is 12.3. The van der Waals surface area contributed by atoms with Crippen LogP contribution in [0.25, 0.3) is 0 Å². The normalized spacial score (nSPS) is 16.9. The molecule has 0 radical (unpaired) electrons. The van der Waals surface area contributed by atoms with E-state index in [1.165, 1.54) is 4.90 Å². The fourth-order valence-electron chi connectivity index (χ4n) is 1.98. The molecule has 1 fully saturated rings. The fraction of sp³-hybridized carbons (Fsp3) is 0.500. The summed E-state index contributed by atoms with van der Waals surface area (Å²) in [4.78, 5) is 16.5. The molecule has 1 saturated heterocycles. The summed E-state index contributed by atoms with van der Waals surface area (Å²) in [6.45, 7) is 3.19. The van der Waals surface area contributed by atoms with E-state index in [4.69, 9.17) is 5.11 Å². The van der Waals surface area contributed by atoms with Crippen molar-refractivity contribution >= 4 is 11.9 Å². The molecule has 5 heteroatoms. The van der Waals surface area contributed by atoms with Crippen molar-refractivity contribution in [2.24, 2.45) is 0 Å². The van der Waals surface area contributed by atoms with E-state index in [0.717, 1.165) is 24.2 Å². The van der Waals surface area contributed by atoms with Gasteiger partial charge in [-0.1, -0.05) is 6.07 Å². The summed E-state index contributed by atoms with van der Waals surface area (Å²) in [5.74, 6) is 0.865. The van der Waals surface area contributed by atoms with Crippen molar-refractivity contribution in [2.45, 2.75) is 25.8 Å². The van der Waals surface area contributed by atoms with Gasteiger partial charge in [-0.05, 0) is 31.4 Å². The van der Waals surface area contributed by atoms with Gasteiger partial charge in [-0.3, -0.25) is 0 Å². The van der Waals surface area contributed by atoms with E-state index in [0.29, 0.717) is 19.1 Å². The highest BCUT2D eigenvalue weighted by atomic mass is 16.4. The second kappa shape index (κ2) is 5.03. The number of carbonyl (C=O) groups is 1. The number of piperidine rings is 1. The maximum Gasteiger partial charge on any atom is 0.407 e. The van der Waals surface area contributed by atoms with E-state index in [9.17, 15) is 4.79 Å². The van der Waals surface area contributed by atoms with Crippen molar-refractivity contribution in [1.29, 1.82) is 0 Å². The van der Waals surface area contributed by atoms with Crippen LogP contribution >= 0.6 is 0 Å². The molecule has 17 heavy (non-hydrogen) atoms. The SMILES string of the molecule is Cc1ccc(NC2CCN(C(=O)O)CC2)nc1. The first-order valence-corrected chi connectivity index (χ1v) is 5.82. The monoisotopic (exact) mass is 235 g/mol. The number of amides is 1. The lowest BCUT2D eigenvalue weighted by atomic mass is 10.1. The molecular formula is C12H17N3O2. The lowest BCUT2D eigenvalue weighted by Gasteiger charge is -2.30. The Hall–Kier alpha value is -1.78. The predicted octanol–water partition coefficient (Wildman–Crippen LogP) is 1.94. The van der Waals surface area contributed by atoms with Crippen molar-refractivity contribution in [3.05, 3.63) is 23.9 Å². The number of anilines is 1. The van der Waals surface area contributed by atoms with Gasteiger partial charge in [0.2, 0.25) is 0 Å². The largest absolute Gasteiger partial charge is 0.465 e. The number of nitrogens with one attached hydrogen (secondary N) is 1. The van der Waals surface area contributed by atoms with Crippen LogP contribution in [0, 0.1) is 6.92 Å². The molecule has 92 valence electrons. The summed E-state index contributed by atoms with van der Waals surface area (Å²) in [6.07, 6.45) is 2.68. The Kier molecular flexibility index (Phi) is 3.46. The molecule has 1 aliphatic rings. The molecule has 5 nitrogen and oxygen atoms in total. The molecule has 0 unspecified atom stereocenters. The van der Waals surface area contributed by atoms with Crippen LogP contribution in [0.15, 0.2) is 18.3 Å². The van der Waals surface area contributed by atoms with Gasteiger partial charge in [0.05, 0.1) is 0 Å². The molecule has 1 amide bonds. The third-order valence-corrected chi connectivity index (χ3v) is 3.03. The quantitative estimate of drug-likeness (QED) is 0.822. The zero-order valence-corrected chi connectivity index (χ0v) is 9.89. The van der Waals surface area contributed by atoms with Gasteiger partial charge in [-0.2, -0.15) is 0 Å². The molecule has 0 spiro atoms. The van der Waals surface area contributed by atoms with E-state index in [1.807, 2.05) is 25.3 Å². The van der Waals surface area contributed by atoms with Crippen molar-refractivity contribution in [3.63, 3.8) is 0 Å². The molecule has 0 saturated carbocycles. The van der Waals surface area contributed by atoms with Gasteiger partial charge in [0.1, 0.15) is 5.82 Å². The Balaban J connectivity index is 1.85. The predicted molar refractivity (Wildman–Crippen MR) is 65.2 cm³/mol. The fourth-order valence-corrected chi connectivity index (χ4v) is 1.98. The smallest absolute Gasteiger partial charge is 0.407 e. The standard InChI is InChI=1S/C12H17N3O2/c1-9-2-3-11(13-8-9)14-10-4-6-15(7-5-10)12(16)17/h2-3,8,10H,4-7H2,1H3,(H,13,14)(H,16,17). The molecular weight excluding hydrogens is 218 g/mol. The average Bonchev–Trinajstić information content (AvgIpc) is 2.33. The van der Waals surface area contributed by atoms with E-state index in [-0.39, 0.29) is 0 Å². The number of carboxylic acid groups (broad SMARTS) is 1. The second-order valence-electron chi connectivity index (χ2n) is 4.41. The van der Waals surface area contributed by atoms with Crippen LogP contribution in [0.5, 0.6) is 0 Å². The van der Waals surface area contributed by atoms with Gasteiger partial charge in [0.25, 0.3) is 0 Å². The lowest BCUT2D eigenvalue weighted by molar-refractivity contribution is 0.134. The van der Waals surface area contributed by atoms with Crippen molar-refractivity contribution in [1.82, 2.24) is 9.88 Å². The highest BCUT2D eigenvalue weighted by Gasteiger charge is 2.22. The van der Waals surface area contributed by atoms with Crippen LogP contribution in [0.3, 0.4) is 0 Å². The van der Waals surface area contributed by atoms with Crippen LogP contribution in [-0.4, -0.2) is 40.2 Å². The van der Waals surface area contributed by atoms with E-state index in [2.05, 4.69) is 10.3 Å². The molecule has 0 aliphatic carbocycles. The van der Waals surface area contributed by atoms with Gasteiger partial charge in [0, 0.05) is 25.3 Å². The molecule has 0 bridgehead atoms. The maximum atomic E-state index is 10.7. The number of nitrogens with zero attached hydrogens (tertiary/aromatic N) is 2. The van der Waals surface area contributed by atoms with Crippen LogP contribution < -0.4 is 5.32 Å². The van der Waals surface area contributed by atoms with Crippen LogP contribution in [0.4, 0.5) is 10.6 Å². The molecule has 0 atom stereocenters. The first-order chi connectivity index (χ1) is 8.15. The number of rotatable bonds is 2. The van der Waals surface area contributed by atoms with Crippen LogP contribution in [-0.2, 0) is 0 Å². The highest BCUT2D eigenvalue weighted by molar-refractivity contribution is 5.65. The second-order valence-corrected chi connectivity index (χ2v) is 4.41. The topological polar surface area (TPSA) is 65.5 Å². The Morgan fingerprint density at radius 1 is 1.47 bits per heavy atom. The van der Waals surface area contributed by atoms with Crippen molar-refractivity contribution in [3.8, 4) is 0 Å². The molecule has 0 aromatic carbocycles. The van der Waals surface area contributed by atoms with E-state index in [1.54, 1.807) is 0 Å². The lowest BCUT2D eigenvalue weighted by Crippen LogP contribution is -2.41. The molecule has 1 aromatic heterocycles. The number of aryl methyl sites for hydroxylation is 1. The van der Waals surface area contributed by atoms with Crippen LogP contribution in [0.1, 0.15) is 18.4 Å². The molecule has 1 aromatic rings. The summed E-state index contributed by atoms with van der Waals surface area (Å²) in [7, 11) is 0. The Bertz CT molecular complexity index is 383. The van der Waals surface area contributed by atoms with Crippen LogP contribution in [0.2, 0.25) is 0 Å². The molecule has 2 heterocycles. The third kappa shape index (κ3) is 3.09. The highest BCUT2D eigenvalue weighted by Crippen LogP contribution is 2.15. The minimum Gasteiger partial charge on any atom is -0.465 e. The van der Waals surface area contributed by atoms with Gasteiger partial charge >= 0.3 is 6.09 Å². The maximum absolute atomic E-state index is 10.7. The van der Waals surface area contributed by atoms with Gasteiger partial charge in [-0.15, -0.1) is 0 Å². The van der Waals surface area contributed by atoms with Gasteiger partial charge in [-0.25, -0.2) is 9.78 Å². The summed E-state index contributed by atoms with van der Waals surface area (Å²) in [5, 5.41) is 12.2. The molecule has 2 rings (SSSR count). The first-order valence-electron chi connectivity index (χ1n) is 5.82. The summed E-state index contributed by atoms with van der Waals surface area (Å²) in [6, 6.07) is 4.29. The first kappa shape index (κ1) is 11.7. The number of pyridine rings is 1. The average molecular weight is 235 g/mol. The minimum atomic E-state index is -0.822. The minimum absolute atomic E-state index is 0.320. The van der Waals surface area contributed by atoms with E-state index >= 15 is 0 Å². The summed E-state index contributed by atoms with van der Waals surface area (Å²) >= 11 is 0. The summed E-state index contributed by atoms with van der Waals surface area (Å²) < 4.78 is 0. The number of hydrogen-bond acceptors (Lipinski definition) is 3. The van der Waals surface area contributed by atoms with E-state index < -0.39 is 6.09 Å². The van der Waals surface area contributed by atoms with Gasteiger partial charge in [0.15, 0.2) is 0 Å². The number of aromatic nitrogens is 1.